The highest BCUT2D eigenvalue weighted by Crippen LogP contribution is 2.31. The minimum Gasteiger partial charge on any atom is -0.347 e. The van der Waals surface area contributed by atoms with E-state index in [0.717, 1.165) is 23.1 Å². The number of carbonyl (C=O) groups is 2. The van der Waals surface area contributed by atoms with Crippen LogP contribution in [0.5, 0.6) is 0 Å². The summed E-state index contributed by atoms with van der Waals surface area (Å²) in [5, 5.41) is 2.98. The molecule has 0 spiro atoms. The first-order valence-corrected chi connectivity index (χ1v) is 8.94. The predicted octanol–water partition coefficient (Wildman–Crippen LogP) is 3.54. The van der Waals surface area contributed by atoms with Crippen molar-refractivity contribution in [3.05, 3.63) is 71.0 Å². The number of hydrogen-bond donors (Lipinski definition) is 1. The fourth-order valence-electron chi connectivity index (χ4n) is 3.44. The third-order valence-corrected chi connectivity index (χ3v) is 4.77. The van der Waals surface area contributed by atoms with Gasteiger partial charge in [-0.05, 0) is 42.2 Å². The molecule has 0 saturated heterocycles. The van der Waals surface area contributed by atoms with Gasteiger partial charge in [0, 0.05) is 6.54 Å². The fraction of sp³-hybridized carbons (Fsp3) is 0.333. The van der Waals surface area contributed by atoms with Gasteiger partial charge in [-0.3, -0.25) is 9.59 Å². The van der Waals surface area contributed by atoms with Crippen LogP contribution in [0.15, 0.2) is 48.5 Å². The molecule has 2 atom stereocenters. The maximum atomic E-state index is 13.1. The maximum absolute atomic E-state index is 13.1. The van der Waals surface area contributed by atoms with E-state index in [1.54, 1.807) is 17.0 Å². The van der Waals surface area contributed by atoms with Gasteiger partial charge >= 0.3 is 0 Å². The molecule has 0 aliphatic carbocycles. The van der Waals surface area contributed by atoms with Crippen LogP contribution in [0.3, 0.4) is 0 Å². The molecule has 5 heteroatoms. The molecule has 26 heavy (non-hydrogen) atoms. The molecule has 0 radical (unpaired) electrons. The van der Waals surface area contributed by atoms with E-state index < -0.39 is 6.04 Å². The topological polar surface area (TPSA) is 49.4 Å². The van der Waals surface area contributed by atoms with Crippen molar-refractivity contribution in [2.75, 3.05) is 6.54 Å². The predicted molar refractivity (Wildman–Crippen MR) is 97.8 cm³/mol. The molecule has 0 aromatic heterocycles. The van der Waals surface area contributed by atoms with Crippen LogP contribution in [0.1, 0.15) is 49.0 Å². The molecule has 0 bridgehead atoms. The van der Waals surface area contributed by atoms with Crippen LogP contribution in [0.2, 0.25) is 0 Å². The molecule has 4 nitrogen and oxygen atoms in total. The Labute approximate surface area is 153 Å². The Hall–Kier alpha value is -2.69. The molecular formula is C21H23FN2O2. The molecule has 136 valence electrons. The van der Waals surface area contributed by atoms with Crippen molar-refractivity contribution >= 4 is 11.8 Å². The van der Waals surface area contributed by atoms with Crippen LogP contribution in [0.4, 0.5) is 4.39 Å². The van der Waals surface area contributed by atoms with E-state index in [1.165, 1.54) is 12.1 Å². The van der Waals surface area contributed by atoms with Crippen LogP contribution in [0, 0.1) is 5.82 Å². The number of nitrogens with one attached hydrogen (secondary N) is 1. The van der Waals surface area contributed by atoms with Crippen molar-refractivity contribution in [1.82, 2.24) is 10.2 Å². The SMILES string of the molecule is CCCN1C(=O)Cc2ccccc2[C@@H]1C(=O)N[C@H](C)c1ccc(F)cc1. The van der Waals surface area contributed by atoms with E-state index in [-0.39, 0.29) is 23.7 Å². The largest absolute Gasteiger partial charge is 0.347 e. The van der Waals surface area contributed by atoms with Gasteiger partial charge in [0.15, 0.2) is 0 Å². The lowest BCUT2D eigenvalue weighted by atomic mass is 9.91. The molecule has 1 heterocycles. The minimum absolute atomic E-state index is 0.0277. The molecule has 0 unspecified atom stereocenters. The quantitative estimate of drug-likeness (QED) is 0.893. The van der Waals surface area contributed by atoms with Crippen molar-refractivity contribution in [2.45, 2.75) is 38.8 Å². The molecule has 3 rings (SSSR count). The monoisotopic (exact) mass is 354 g/mol. The van der Waals surface area contributed by atoms with E-state index in [9.17, 15) is 14.0 Å². The second-order valence-corrected chi connectivity index (χ2v) is 6.65. The van der Waals surface area contributed by atoms with Crippen LogP contribution in [0.25, 0.3) is 0 Å². The Morgan fingerprint density at radius 1 is 1.23 bits per heavy atom. The third-order valence-electron chi connectivity index (χ3n) is 4.77. The molecule has 0 fully saturated rings. The number of hydrogen-bond acceptors (Lipinski definition) is 2. The smallest absolute Gasteiger partial charge is 0.247 e. The summed E-state index contributed by atoms with van der Waals surface area (Å²) in [5.74, 6) is -0.552. The Morgan fingerprint density at radius 2 is 1.92 bits per heavy atom. The van der Waals surface area contributed by atoms with Crippen LogP contribution in [-0.4, -0.2) is 23.3 Å². The summed E-state index contributed by atoms with van der Waals surface area (Å²) in [5.41, 5.74) is 2.60. The molecule has 2 aromatic carbocycles. The number of amides is 2. The second kappa shape index (κ2) is 7.68. The Morgan fingerprint density at radius 3 is 2.62 bits per heavy atom. The van der Waals surface area contributed by atoms with Crippen molar-refractivity contribution in [2.24, 2.45) is 0 Å². The van der Waals surface area contributed by atoms with Crippen molar-refractivity contribution in [1.29, 1.82) is 0 Å². The van der Waals surface area contributed by atoms with Crippen LogP contribution >= 0.6 is 0 Å². The van der Waals surface area contributed by atoms with Crippen LogP contribution < -0.4 is 5.32 Å². The summed E-state index contributed by atoms with van der Waals surface area (Å²) in [6.07, 6.45) is 1.11. The summed E-state index contributed by atoms with van der Waals surface area (Å²) >= 11 is 0. The van der Waals surface area contributed by atoms with Gasteiger partial charge < -0.3 is 10.2 Å². The lowest BCUT2D eigenvalue weighted by Gasteiger charge is -2.36. The van der Waals surface area contributed by atoms with Gasteiger partial charge in [0.1, 0.15) is 11.9 Å². The molecule has 0 saturated carbocycles. The zero-order valence-corrected chi connectivity index (χ0v) is 15.0. The number of halogens is 1. The first kappa shape index (κ1) is 18.1. The zero-order valence-electron chi connectivity index (χ0n) is 15.0. The fourth-order valence-corrected chi connectivity index (χ4v) is 3.44. The van der Waals surface area contributed by atoms with E-state index in [0.29, 0.717) is 13.0 Å². The highest BCUT2D eigenvalue weighted by Gasteiger charge is 2.36. The lowest BCUT2D eigenvalue weighted by Crippen LogP contribution is -2.48. The summed E-state index contributed by atoms with van der Waals surface area (Å²) in [4.78, 5) is 27.3. The van der Waals surface area contributed by atoms with E-state index in [2.05, 4.69) is 5.32 Å². The second-order valence-electron chi connectivity index (χ2n) is 6.65. The molecule has 2 amide bonds. The Bertz CT molecular complexity index is 804. The van der Waals surface area contributed by atoms with Gasteiger partial charge in [-0.2, -0.15) is 0 Å². The van der Waals surface area contributed by atoms with Gasteiger partial charge in [0.2, 0.25) is 11.8 Å². The molecule has 1 N–H and O–H groups in total. The summed E-state index contributed by atoms with van der Waals surface area (Å²) in [6.45, 7) is 4.38. The summed E-state index contributed by atoms with van der Waals surface area (Å²) in [7, 11) is 0. The molecular weight excluding hydrogens is 331 g/mol. The zero-order chi connectivity index (χ0) is 18.7. The average molecular weight is 354 g/mol. The summed E-state index contributed by atoms with van der Waals surface area (Å²) < 4.78 is 13.1. The third kappa shape index (κ3) is 3.62. The number of fused-ring (bicyclic) bond motifs is 1. The lowest BCUT2D eigenvalue weighted by molar-refractivity contribution is -0.141. The van der Waals surface area contributed by atoms with Crippen molar-refractivity contribution in [3.8, 4) is 0 Å². The van der Waals surface area contributed by atoms with E-state index in [1.807, 2.05) is 38.1 Å². The van der Waals surface area contributed by atoms with E-state index >= 15 is 0 Å². The van der Waals surface area contributed by atoms with Gasteiger partial charge in [0.05, 0.1) is 12.5 Å². The standard InChI is InChI=1S/C21H23FN2O2/c1-3-12-24-19(25)13-16-6-4-5-7-18(16)20(24)21(26)23-14(2)15-8-10-17(22)11-9-15/h4-11,14,20H,3,12-13H2,1-2H3,(H,23,26)/t14-,20-/m1/s1. The number of carbonyl (C=O) groups excluding carboxylic acids is 2. The van der Waals surface area contributed by atoms with Gasteiger partial charge in [-0.1, -0.05) is 43.3 Å². The van der Waals surface area contributed by atoms with Crippen molar-refractivity contribution in [3.63, 3.8) is 0 Å². The first-order chi connectivity index (χ1) is 12.5. The number of rotatable bonds is 5. The Balaban J connectivity index is 1.87. The summed E-state index contributed by atoms with van der Waals surface area (Å²) in [6, 6.07) is 12.7. The highest BCUT2D eigenvalue weighted by atomic mass is 19.1. The normalized spacial score (nSPS) is 17.6. The number of nitrogens with zero attached hydrogens (tertiary/aromatic N) is 1. The van der Waals surface area contributed by atoms with Gasteiger partial charge in [0.25, 0.3) is 0 Å². The molecule has 2 aromatic rings. The van der Waals surface area contributed by atoms with Crippen molar-refractivity contribution < 1.29 is 14.0 Å². The van der Waals surface area contributed by atoms with Crippen LogP contribution in [-0.2, 0) is 16.0 Å². The Kier molecular flexibility index (Phi) is 5.35. The van der Waals surface area contributed by atoms with Gasteiger partial charge in [-0.15, -0.1) is 0 Å². The maximum Gasteiger partial charge on any atom is 0.247 e. The highest BCUT2D eigenvalue weighted by molar-refractivity contribution is 5.92. The minimum atomic E-state index is -0.629. The average Bonchev–Trinajstić information content (AvgIpc) is 2.62. The number of benzene rings is 2. The first-order valence-electron chi connectivity index (χ1n) is 8.94. The molecule has 1 aliphatic rings. The van der Waals surface area contributed by atoms with E-state index in [4.69, 9.17) is 0 Å². The molecule has 1 aliphatic heterocycles. The van der Waals surface area contributed by atoms with Gasteiger partial charge in [-0.25, -0.2) is 4.39 Å².